The fourth-order valence-electron chi connectivity index (χ4n) is 0.668. The first kappa shape index (κ1) is 11.1. The van der Waals surface area contributed by atoms with Crippen molar-refractivity contribution < 1.29 is 18.3 Å². The van der Waals surface area contributed by atoms with Crippen molar-refractivity contribution in [3.8, 4) is 0 Å². The van der Waals surface area contributed by atoms with Gasteiger partial charge in [-0.2, -0.15) is 13.2 Å². The van der Waals surface area contributed by atoms with Crippen molar-refractivity contribution in [1.82, 2.24) is 4.98 Å². The summed E-state index contributed by atoms with van der Waals surface area (Å²) in [6.07, 6.45) is -5.68. The number of anilines is 2. The molecule has 0 aliphatic carbocycles. The van der Waals surface area contributed by atoms with E-state index in [-0.39, 0.29) is 5.13 Å². The van der Waals surface area contributed by atoms with Crippen molar-refractivity contribution in [3.05, 3.63) is 6.20 Å². The number of alkyl halides is 3. The number of hydrogen-bond donors (Lipinski definition) is 3. The lowest BCUT2D eigenvalue weighted by molar-refractivity contribution is -0.198. The Morgan fingerprint density at radius 2 is 2.29 bits per heavy atom. The number of halogens is 3. The molecule has 8 heteroatoms. The molecule has 0 amide bonds. The topological polar surface area (TPSA) is 71.2 Å². The maximum absolute atomic E-state index is 11.8. The summed E-state index contributed by atoms with van der Waals surface area (Å²) in [6.45, 7) is -0.629. The third-order valence-electron chi connectivity index (χ3n) is 1.35. The molecule has 1 atom stereocenters. The van der Waals surface area contributed by atoms with Crippen LogP contribution in [0.1, 0.15) is 0 Å². The first-order valence-corrected chi connectivity index (χ1v) is 4.41. The summed E-state index contributed by atoms with van der Waals surface area (Å²) in [4.78, 5) is 3.67. The number of nitrogens with two attached hydrogens (primary N) is 1. The highest BCUT2D eigenvalue weighted by atomic mass is 32.1. The van der Waals surface area contributed by atoms with Crippen LogP contribution in [0.4, 0.5) is 23.3 Å². The number of aromatic nitrogens is 1. The summed E-state index contributed by atoms with van der Waals surface area (Å²) < 4.78 is 35.5. The zero-order valence-corrected chi connectivity index (χ0v) is 7.69. The second-order valence-electron chi connectivity index (χ2n) is 2.51. The molecule has 14 heavy (non-hydrogen) atoms. The lowest BCUT2D eigenvalue weighted by atomic mass is 10.3. The highest BCUT2D eigenvalue weighted by Gasteiger charge is 2.37. The standard InChI is InChI=1S/C6H8F3N3OS/c7-6(8,9)3(13)1-11-5-12-2-4(10)14-5/h2-3,13H,1,10H2,(H,11,12). The van der Waals surface area contributed by atoms with Gasteiger partial charge in [0.2, 0.25) is 0 Å². The van der Waals surface area contributed by atoms with Gasteiger partial charge in [0.15, 0.2) is 11.2 Å². The minimum Gasteiger partial charge on any atom is -0.389 e. The molecule has 4 N–H and O–H groups in total. The summed E-state index contributed by atoms with van der Waals surface area (Å²) >= 11 is 1.02. The van der Waals surface area contributed by atoms with E-state index in [1.807, 2.05) is 0 Å². The van der Waals surface area contributed by atoms with Gasteiger partial charge in [0, 0.05) is 0 Å². The molecule has 80 valence electrons. The van der Waals surface area contributed by atoms with Crippen LogP contribution in [0.2, 0.25) is 0 Å². The van der Waals surface area contributed by atoms with Gasteiger partial charge in [0.05, 0.1) is 12.7 Å². The van der Waals surface area contributed by atoms with E-state index in [0.29, 0.717) is 5.00 Å². The number of nitrogen functional groups attached to an aromatic ring is 1. The number of rotatable bonds is 3. The van der Waals surface area contributed by atoms with Crippen LogP contribution < -0.4 is 11.1 Å². The van der Waals surface area contributed by atoms with Gasteiger partial charge in [-0.3, -0.25) is 0 Å². The summed E-state index contributed by atoms with van der Waals surface area (Å²) in [5.74, 6) is 0. The quantitative estimate of drug-likeness (QED) is 0.722. The van der Waals surface area contributed by atoms with E-state index in [9.17, 15) is 13.2 Å². The number of thiazole rings is 1. The van der Waals surface area contributed by atoms with Crippen LogP contribution in [-0.2, 0) is 0 Å². The number of nitrogens with one attached hydrogen (secondary N) is 1. The van der Waals surface area contributed by atoms with E-state index in [4.69, 9.17) is 10.8 Å². The Kier molecular flexibility index (Phi) is 3.17. The lowest BCUT2D eigenvalue weighted by Crippen LogP contribution is -2.34. The first-order valence-electron chi connectivity index (χ1n) is 3.59. The molecular formula is C6H8F3N3OS. The number of aliphatic hydroxyl groups excluding tert-OH is 1. The van der Waals surface area contributed by atoms with Gasteiger partial charge in [-0.25, -0.2) is 4.98 Å². The highest BCUT2D eigenvalue weighted by Crippen LogP contribution is 2.22. The minimum atomic E-state index is -4.62. The molecule has 0 aliphatic heterocycles. The number of nitrogens with zero attached hydrogens (tertiary/aromatic N) is 1. The van der Waals surface area contributed by atoms with Crippen LogP contribution in [0, 0.1) is 0 Å². The molecule has 0 saturated carbocycles. The van der Waals surface area contributed by atoms with E-state index >= 15 is 0 Å². The van der Waals surface area contributed by atoms with Gasteiger partial charge < -0.3 is 16.2 Å². The fourth-order valence-corrected chi connectivity index (χ4v) is 1.26. The maximum Gasteiger partial charge on any atom is 0.416 e. The van der Waals surface area contributed by atoms with Crippen LogP contribution in [-0.4, -0.2) is 28.9 Å². The van der Waals surface area contributed by atoms with Gasteiger partial charge in [-0.1, -0.05) is 11.3 Å². The van der Waals surface area contributed by atoms with Crippen molar-refractivity contribution in [2.75, 3.05) is 17.6 Å². The zero-order chi connectivity index (χ0) is 10.8. The normalized spacial score (nSPS) is 14.0. The molecule has 1 rings (SSSR count). The van der Waals surface area contributed by atoms with Crippen molar-refractivity contribution in [1.29, 1.82) is 0 Å². The van der Waals surface area contributed by atoms with Gasteiger partial charge in [0.25, 0.3) is 0 Å². The average molecular weight is 227 g/mol. The fraction of sp³-hybridized carbons (Fsp3) is 0.500. The Morgan fingerprint density at radius 3 is 2.71 bits per heavy atom. The molecule has 1 aromatic rings. The molecule has 1 unspecified atom stereocenters. The van der Waals surface area contributed by atoms with Gasteiger partial charge in [0.1, 0.15) is 5.00 Å². The third kappa shape index (κ3) is 3.04. The van der Waals surface area contributed by atoms with Crippen LogP contribution in [0.25, 0.3) is 0 Å². The summed E-state index contributed by atoms with van der Waals surface area (Å²) in [7, 11) is 0. The monoisotopic (exact) mass is 227 g/mol. The summed E-state index contributed by atoms with van der Waals surface area (Å²) in [5.41, 5.74) is 5.30. The summed E-state index contributed by atoms with van der Waals surface area (Å²) in [5, 5.41) is 11.6. The molecule has 0 aliphatic rings. The zero-order valence-electron chi connectivity index (χ0n) is 6.88. The molecule has 0 bridgehead atoms. The predicted octanol–water partition coefficient (Wildman–Crippen LogP) is 1.06. The molecule has 0 fully saturated rings. The maximum atomic E-state index is 11.8. The third-order valence-corrected chi connectivity index (χ3v) is 2.13. The first-order chi connectivity index (χ1) is 6.39. The molecular weight excluding hydrogens is 219 g/mol. The van der Waals surface area contributed by atoms with Crippen molar-refractivity contribution in [2.24, 2.45) is 0 Å². The SMILES string of the molecule is Nc1cnc(NCC(O)C(F)(F)F)s1. The largest absolute Gasteiger partial charge is 0.416 e. The summed E-state index contributed by atoms with van der Waals surface area (Å²) in [6, 6.07) is 0. The van der Waals surface area contributed by atoms with E-state index in [1.54, 1.807) is 0 Å². The van der Waals surface area contributed by atoms with E-state index in [2.05, 4.69) is 10.3 Å². The average Bonchev–Trinajstić information content (AvgIpc) is 2.45. The van der Waals surface area contributed by atoms with E-state index in [0.717, 1.165) is 11.3 Å². The van der Waals surface area contributed by atoms with Crippen molar-refractivity contribution >= 4 is 21.5 Å². The molecule has 1 aromatic heterocycles. The number of aliphatic hydroxyl groups is 1. The van der Waals surface area contributed by atoms with Crippen LogP contribution in [0.15, 0.2) is 6.20 Å². The van der Waals surface area contributed by atoms with E-state index < -0.39 is 18.8 Å². The second-order valence-corrected chi connectivity index (χ2v) is 3.57. The Morgan fingerprint density at radius 1 is 1.64 bits per heavy atom. The van der Waals surface area contributed by atoms with Crippen LogP contribution in [0.3, 0.4) is 0 Å². The van der Waals surface area contributed by atoms with E-state index in [1.165, 1.54) is 6.20 Å². The van der Waals surface area contributed by atoms with Crippen LogP contribution in [0.5, 0.6) is 0 Å². The Hall–Kier alpha value is -1.02. The Labute approximate surface area is 81.6 Å². The Bertz CT molecular complexity index is 301. The smallest absolute Gasteiger partial charge is 0.389 e. The van der Waals surface area contributed by atoms with Gasteiger partial charge in [-0.05, 0) is 0 Å². The molecule has 0 saturated heterocycles. The highest BCUT2D eigenvalue weighted by molar-refractivity contribution is 7.19. The molecule has 0 spiro atoms. The van der Waals surface area contributed by atoms with Crippen molar-refractivity contribution in [2.45, 2.75) is 12.3 Å². The number of hydrogen-bond acceptors (Lipinski definition) is 5. The van der Waals surface area contributed by atoms with Crippen LogP contribution >= 0.6 is 11.3 Å². The Balaban J connectivity index is 2.41. The van der Waals surface area contributed by atoms with Crippen molar-refractivity contribution in [3.63, 3.8) is 0 Å². The molecule has 4 nitrogen and oxygen atoms in total. The molecule has 1 heterocycles. The minimum absolute atomic E-state index is 0.255. The van der Waals surface area contributed by atoms with Gasteiger partial charge >= 0.3 is 6.18 Å². The molecule has 0 aromatic carbocycles. The molecule has 0 radical (unpaired) electrons. The lowest BCUT2D eigenvalue weighted by Gasteiger charge is -2.14. The predicted molar refractivity (Wildman–Crippen MR) is 47.1 cm³/mol. The second kappa shape index (κ2) is 4.01. The van der Waals surface area contributed by atoms with Gasteiger partial charge in [-0.15, -0.1) is 0 Å².